The van der Waals surface area contributed by atoms with Gasteiger partial charge in [0.25, 0.3) is 0 Å². The molecule has 1 aliphatic rings. The molecule has 0 aromatic rings. The van der Waals surface area contributed by atoms with Gasteiger partial charge in [-0.3, -0.25) is 4.79 Å². The van der Waals surface area contributed by atoms with E-state index in [0.717, 1.165) is 12.8 Å². The van der Waals surface area contributed by atoms with Gasteiger partial charge in [0.15, 0.2) is 5.78 Å². The zero-order chi connectivity index (χ0) is 10.1. The minimum Gasteiger partial charge on any atom is -0.294 e. The molecule has 0 aromatic heterocycles. The minimum absolute atomic E-state index is 0.145. The first-order valence-corrected chi connectivity index (χ1v) is 4.74. The van der Waals surface area contributed by atoms with Gasteiger partial charge in [-0.05, 0) is 24.3 Å². The molecule has 1 rings (SSSR count). The van der Waals surface area contributed by atoms with E-state index in [-0.39, 0.29) is 16.6 Å². The van der Waals surface area contributed by atoms with Crippen LogP contribution in [0, 0.1) is 10.8 Å². The molecule has 0 aliphatic heterocycles. The Morgan fingerprint density at radius 2 is 2.15 bits per heavy atom. The standard InChI is InChI=1S/C12H18O/c1-5-7-12(4)9-11(2,3)8-6-10(12)13/h5-6,8H,1,7,9H2,2-4H3. The number of carbonyl (C=O) groups is 1. The van der Waals surface area contributed by atoms with Crippen LogP contribution in [0.3, 0.4) is 0 Å². The van der Waals surface area contributed by atoms with Gasteiger partial charge >= 0.3 is 0 Å². The first-order chi connectivity index (χ1) is 5.90. The van der Waals surface area contributed by atoms with Crippen molar-refractivity contribution in [2.45, 2.75) is 33.6 Å². The van der Waals surface area contributed by atoms with Gasteiger partial charge in [-0.15, -0.1) is 6.58 Å². The molecule has 1 aliphatic carbocycles. The molecule has 72 valence electrons. The van der Waals surface area contributed by atoms with Gasteiger partial charge in [0.2, 0.25) is 0 Å². The monoisotopic (exact) mass is 178 g/mol. The maximum absolute atomic E-state index is 11.7. The summed E-state index contributed by atoms with van der Waals surface area (Å²) in [6.45, 7) is 10.1. The summed E-state index contributed by atoms with van der Waals surface area (Å²) in [6, 6.07) is 0. The fraction of sp³-hybridized carbons (Fsp3) is 0.583. The van der Waals surface area contributed by atoms with E-state index in [9.17, 15) is 4.79 Å². The molecule has 0 heterocycles. The summed E-state index contributed by atoms with van der Waals surface area (Å²) in [5, 5.41) is 0. The van der Waals surface area contributed by atoms with Crippen molar-refractivity contribution in [1.29, 1.82) is 0 Å². The summed E-state index contributed by atoms with van der Waals surface area (Å²) in [6.07, 6.45) is 7.28. The molecule has 1 atom stereocenters. The third-order valence-corrected chi connectivity index (χ3v) is 2.72. The Balaban J connectivity index is 2.94. The smallest absolute Gasteiger partial charge is 0.161 e. The molecule has 1 unspecified atom stereocenters. The lowest BCUT2D eigenvalue weighted by Gasteiger charge is -2.37. The van der Waals surface area contributed by atoms with Crippen LogP contribution in [-0.4, -0.2) is 5.78 Å². The van der Waals surface area contributed by atoms with Crippen LogP contribution in [0.5, 0.6) is 0 Å². The van der Waals surface area contributed by atoms with Gasteiger partial charge in [-0.2, -0.15) is 0 Å². The Hall–Kier alpha value is -0.850. The summed E-state index contributed by atoms with van der Waals surface area (Å²) in [4.78, 5) is 11.7. The van der Waals surface area contributed by atoms with E-state index >= 15 is 0 Å². The Morgan fingerprint density at radius 3 is 2.69 bits per heavy atom. The third kappa shape index (κ3) is 2.09. The maximum atomic E-state index is 11.7. The number of hydrogen-bond donors (Lipinski definition) is 0. The van der Waals surface area contributed by atoms with Crippen LogP contribution in [-0.2, 0) is 4.79 Å². The summed E-state index contributed by atoms with van der Waals surface area (Å²) in [5.41, 5.74) is -0.0777. The second kappa shape index (κ2) is 3.13. The topological polar surface area (TPSA) is 17.1 Å². The largest absolute Gasteiger partial charge is 0.294 e. The van der Waals surface area contributed by atoms with E-state index in [1.54, 1.807) is 6.08 Å². The lowest BCUT2D eigenvalue weighted by molar-refractivity contribution is -0.125. The molecule has 0 saturated carbocycles. The number of allylic oxidation sites excluding steroid dienone is 3. The summed E-state index contributed by atoms with van der Waals surface area (Å²) in [5.74, 6) is 0.242. The maximum Gasteiger partial charge on any atom is 0.161 e. The molecule has 1 nitrogen and oxygen atoms in total. The molecule has 0 saturated heterocycles. The molecule has 0 aromatic carbocycles. The van der Waals surface area contributed by atoms with Crippen molar-refractivity contribution in [3.8, 4) is 0 Å². The predicted octanol–water partition coefficient (Wildman–Crippen LogP) is 3.12. The number of rotatable bonds is 2. The van der Waals surface area contributed by atoms with Crippen molar-refractivity contribution >= 4 is 5.78 Å². The molecule has 0 spiro atoms. The fourth-order valence-corrected chi connectivity index (χ4v) is 2.15. The fourth-order valence-electron chi connectivity index (χ4n) is 2.15. The predicted molar refractivity (Wildman–Crippen MR) is 55.5 cm³/mol. The highest BCUT2D eigenvalue weighted by atomic mass is 16.1. The molecule has 1 heteroatoms. The van der Waals surface area contributed by atoms with Gasteiger partial charge in [-0.25, -0.2) is 0 Å². The van der Waals surface area contributed by atoms with Crippen LogP contribution in [0.2, 0.25) is 0 Å². The lowest BCUT2D eigenvalue weighted by Crippen LogP contribution is -2.34. The molecular formula is C12H18O. The lowest BCUT2D eigenvalue weighted by atomic mass is 9.66. The molecule has 0 radical (unpaired) electrons. The zero-order valence-electron chi connectivity index (χ0n) is 8.76. The second-order valence-electron chi connectivity index (χ2n) is 4.92. The highest BCUT2D eigenvalue weighted by Gasteiger charge is 2.38. The van der Waals surface area contributed by atoms with Crippen LogP contribution < -0.4 is 0 Å². The van der Waals surface area contributed by atoms with Gasteiger partial charge in [0, 0.05) is 5.41 Å². The Morgan fingerprint density at radius 1 is 1.54 bits per heavy atom. The Bertz CT molecular complexity index is 260. The number of ketones is 1. The second-order valence-corrected chi connectivity index (χ2v) is 4.92. The molecule has 0 amide bonds. The zero-order valence-corrected chi connectivity index (χ0v) is 8.76. The minimum atomic E-state index is -0.222. The molecular weight excluding hydrogens is 160 g/mol. The summed E-state index contributed by atoms with van der Waals surface area (Å²) in [7, 11) is 0. The average Bonchev–Trinajstić information content (AvgIpc) is 1.97. The average molecular weight is 178 g/mol. The van der Waals surface area contributed by atoms with Gasteiger partial charge in [0.1, 0.15) is 0 Å². The van der Waals surface area contributed by atoms with E-state index in [1.165, 1.54) is 0 Å². The Kier molecular flexibility index (Phi) is 2.47. The normalized spacial score (nSPS) is 31.8. The Labute approximate surface area is 80.5 Å². The summed E-state index contributed by atoms with van der Waals surface area (Å²) < 4.78 is 0. The quantitative estimate of drug-likeness (QED) is 0.594. The molecule has 13 heavy (non-hydrogen) atoms. The number of hydrogen-bond acceptors (Lipinski definition) is 1. The van der Waals surface area contributed by atoms with Crippen molar-refractivity contribution in [1.82, 2.24) is 0 Å². The van der Waals surface area contributed by atoms with E-state index in [2.05, 4.69) is 20.4 Å². The van der Waals surface area contributed by atoms with Crippen molar-refractivity contribution < 1.29 is 4.79 Å². The third-order valence-electron chi connectivity index (χ3n) is 2.72. The van der Waals surface area contributed by atoms with Crippen LogP contribution in [0.25, 0.3) is 0 Å². The molecule has 0 N–H and O–H groups in total. The van der Waals surface area contributed by atoms with Crippen LogP contribution in [0.15, 0.2) is 24.8 Å². The van der Waals surface area contributed by atoms with E-state index in [0.29, 0.717) is 0 Å². The van der Waals surface area contributed by atoms with Gasteiger partial charge in [0.05, 0.1) is 0 Å². The van der Waals surface area contributed by atoms with Crippen molar-refractivity contribution in [3.05, 3.63) is 24.8 Å². The number of carbonyl (C=O) groups excluding carboxylic acids is 1. The van der Waals surface area contributed by atoms with Crippen LogP contribution in [0.1, 0.15) is 33.6 Å². The van der Waals surface area contributed by atoms with Gasteiger partial charge < -0.3 is 0 Å². The van der Waals surface area contributed by atoms with Crippen molar-refractivity contribution in [2.24, 2.45) is 10.8 Å². The van der Waals surface area contributed by atoms with E-state index < -0.39 is 0 Å². The highest BCUT2D eigenvalue weighted by molar-refractivity contribution is 5.95. The SMILES string of the molecule is C=CCC1(C)CC(C)(C)C=CC1=O. The highest BCUT2D eigenvalue weighted by Crippen LogP contribution is 2.42. The van der Waals surface area contributed by atoms with Crippen molar-refractivity contribution in [2.75, 3.05) is 0 Å². The first-order valence-electron chi connectivity index (χ1n) is 4.74. The molecule has 0 bridgehead atoms. The van der Waals surface area contributed by atoms with E-state index in [4.69, 9.17) is 0 Å². The van der Waals surface area contributed by atoms with E-state index in [1.807, 2.05) is 19.1 Å². The first kappa shape index (κ1) is 10.2. The van der Waals surface area contributed by atoms with Crippen LogP contribution >= 0.6 is 0 Å². The van der Waals surface area contributed by atoms with Crippen molar-refractivity contribution in [3.63, 3.8) is 0 Å². The molecule has 0 fully saturated rings. The van der Waals surface area contributed by atoms with Gasteiger partial charge in [-0.1, -0.05) is 32.9 Å². The summed E-state index contributed by atoms with van der Waals surface area (Å²) >= 11 is 0. The van der Waals surface area contributed by atoms with Crippen LogP contribution in [0.4, 0.5) is 0 Å².